The summed E-state index contributed by atoms with van der Waals surface area (Å²) in [4.78, 5) is 14.9. The quantitative estimate of drug-likeness (QED) is 0.676. The van der Waals surface area contributed by atoms with Gasteiger partial charge in [0.05, 0.1) is 6.04 Å². The van der Waals surface area contributed by atoms with E-state index in [-0.39, 0.29) is 18.0 Å². The smallest absolute Gasteiger partial charge is 0.258 e. The minimum atomic E-state index is -0.401. The van der Waals surface area contributed by atoms with Crippen molar-refractivity contribution in [1.82, 2.24) is 0 Å². The van der Waals surface area contributed by atoms with Gasteiger partial charge in [0.25, 0.3) is 5.91 Å². The van der Waals surface area contributed by atoms with Gasteiger partial charge in [0.1, 0.15) is 5.82 Å². The maximum absolute atomic E-state index is 13.6. The minimum absolute atomic E-state index is 0.0168. The number of fused-ring (bicyclic) bond motifs is 1. The minimum Gasteiger partial charge on any atom is -0.378 e. The van der Waals surface area contributed by atoms with Gasteiger partial charge in [-0.1, -0.05) is 42.5 Å². The summed E-state index contributed by atoms with van der Waals surface area (Å²) in [6.45, 7) is 2.03. The predicted octanol–water partition coefficient (Wildman–Crippen LogP) is 5.42. The molecule has 4 rings (SSSR count). The highest BCUT2D eigenvalue weighted by molar-refractivity contribution is 6.07. The summed E-state index contributed by atoms with van der Waals surface area (Å²) < 4.78 is 13.6. The summed E-state index contributed by atoms with van der Waals surface area (Å²) in [5.41, 5.74) is 3.36. The summed E-state index contributed by atoms with van der Waals surface area (Å²) >= 11 is 0. The molecule has 2 atom stereocenters. The third-order valence-electron chi connectivity index (χ3n) is 4.99. The Kier molecular flexibility index (Phi) is 4.63. The van der Waals surface area contributed by atoms with Gasteiger partial charge in [-0.25, -0.2) is 4.39 Å². The maximum atomic E-state index is 13.6. The van der Waals surface area contributed by atoms with E-state index in [9.17, 15) is 9.18 Å². The van der Waals surface area contributed by atoms with Crippen molar-refractivity contribution in [2.75, 3.05) is 10.2 Å². The van der Waals surface area contributed by atoms with Gasteiger partial charge in [-0.15, -0.1) is 0 Å². The number of carbonyl (C=O) groups is 1. The number of hydrogen-bond acceptors (Lipinski definition) is 2. The van der Waals surface area contributed by atoms with Crippen molar-refractivity contribution >= 4 is 17.3 Å². The van der Waals surface area contributed by atoms with Crippen molar-refractivity contribution in [1.29, 1.82) is 0 Å². The number of para-hydroxylation sites is 2. The lowest BCUT2D eigenvalue weighted by Gasteiger charge is -2.40. The number of nitrogens with zero attached hydrogens (tertiary/aromatic N) is 1. The molecule has 0 saturated heterocycles. The van der Waals surface area contributed by atoms with Gasteiger partial charge in [-0.3, -0.25) is 4.79 Å². The van der Waals surface area contributed by atoms with Crippen molar-refractivity contribution in [2.24, 2.45) is 0 Å². The van der Waals surface area contributed by atoms with Gasteiger partial charge in [0.15, 0.2) is 0 Å². The molecule has 0 saturated carbocycles. The first-order valence-corrected chi connectivity index (χ1v) is 9.13. The van der Waals surface area contributed by atoms with E-state index in [4.69, 9.17) is 0 Å². The third-order valence-corrected chi connectivity index (χ3v) is 4.99. The van der Waals surface area contributed by atoms with Gasteiger partial charge in [-0.05, 0) is 55.3 Å². The van der Waals surface area contributed by atoms with Crippen LogP contribution < -0.4 is 10.2 Å². The normalized spacial score (nSPS) is 18.7. The zero-order valence-electron chi connectivity index (χ0n) is 15.1. The second-order valence-electron chi connectivity index (χ2n) is 6.89. The molecule has 1 N–H and O–H groups in total. The topological polar surface area (TPSA) is 32.3 Å². The van der Waals surface area contributed by atoms with Crippen LogP contribution in [0.3, 0.4) is 0 Å². The standard InChI is InChI=1S/C23H21FN2O/c1-16-14-21(25-19-10-3-2-4-11-19)20-12-5-6-13-22(20)26(16)23(27)17-8-7-9-18(24)15-17/h2-13,15-16,21,25H,14H2,1H3/t16-,21+/m0/s1. The molecule has 0 aliphatic carbocycles. The molecule has 1 heterocycles. The number of carbonyl (C=O) groups excluding carboxylic acids is 1. The molecule has 0 radical (unpaired) electrons. The molecular formula is C23H21FN2O. The fourth-order valence-corrected chi connectivity index (χ4v) is 3.75. The van der Waals surface area contributed by atoms with Gasteiger partial charge in [0.2, 0.25) is 0 Å². The van der Waals surface area contributed by atoms with Crippen LogP contribution in [-0.4, -0.2) is 11.9 Å². The number of amides is 1. The van der Waals surface area contributed by atoms with Crippen molar-refractivity contribution in [3.05, 3.63) is 95.8 Å². The van der Waals surface area contributed by atoms with Crippen molar-refractivity contribution in [3.8, 4) is 0 Å². The van der Waals surface area contributed by atoms with Crippen LogP contribution in [-0.2, 0) is 0 Å². The van der Waals surface area contributed by atoms with Crippen LogP contribution in [0.4, 0.5) is 15.8 Å². The summed E-state index contributed by atoms with van der Waals surface area (Å²) in [5, 5.41) is 3.58. The second-order valence-corrected chi connectivity index (χ2v) is 6.89. The van der Waals surface area contributed by atoms with E-state index in [1.807, 2.05) is 61.5 Å². The van der Waals surface area contributed by atoms with Crippen molar-refractivity contribution in [2.45, 2.75) is 25.4 Å². The van der Waals surface area contributed by atoms with Crippen molar-refractivity contribution in [3.63, 3.8) is 0 Å². The van der Waals surface area contributed by atoms with Crippen molar-refractivity contribution < 1.29 is 9.18 Å². The average Bonchev–Trinajstić information content (AvgIpc) is 2.68. The zero-order valence-corrected chi connectivity index (χ0v) is 15.1. The van der Waals surface area contributed by atoms with Gasteiger partial charge in [-0.2, -0.15) is 0 Å². The van der Waals surface area contributed by atoms with Gasteiger partial charge >= 0.3 is 0 Å². The maximum Gasteiger partial charge on any atom is 0.258 e. The summed E-state index contributed by atoms with van der Waals surface area (Å²) in [5.74, 6) is -0.574. The lowest BCUT2D eigenvalue weighted by atomic mass is 9.90. The molecule has 3 nitrogen and oxygen atoms in total. The zero-order chi connectivity index (χ0) is 18.8. The fourth-order valence-electron chi connectivity index (χ4n) is 3.75. The highest BCUT2D eigenvalue weighted by Crippen LogP contribution is 2.39. The Bertz CT molecular complexity index is 957. The number of benzene rings is 3. The first-order chi connectivity index (χ1) is 13.1. The highest BCUT2D eigenvalue weighted by Gasteiger charge is 2.34. The molecule has 1 aliphatic rings. The fraction of sp³-hybridized carbons (Fsp3) is 0.174. The summed E-state index contributed by atoms with van der Waals surface area (Å²) in [6.07, 6.45) is 0.771. The van der Waals surface area contributed by atoms with E-state index in [0.29, 0.717) is 5.56 Å². The first kappa shape index (κ1) is 17.3. The van der Waals surface area contributed by atoms with E-state index in [1.54, 1.807) is 17.0 Å². The molecule has 27 heavy (non-hydrogen) atoms. The van der Waals surface area contributed by atoms with E-state index in [0.717, 1.165) is 23.4 Å². The largest absolute Gasteiger partial charge is 0.378 e. The molecule has 0 aromatic heterocycles. The van der Waals surface area contributed by atoms with E-state index < -0.39 is 5.82 Å². The molecule has 0 unspecified atom stereocenters. The molecule has 1 aliphatic heterocycles. The molecule has 1 amide bonds. The van der Waals surface area contributed by atoms with Crippen LogP contribution in [0, 0.1) is 5.82 Å². The average molecular weight is 360 g/mol. The number of halogens is 1. The van der Waals surface area contributed by atoms with Crippen LogP contribution in [0.5, 0.6) is 0 Å². The van der Waals surface area contributed by atoms with Gasteiger partial charge < -0.3 is 10.2 Å². The lowest BCUT2D eigenvalue weighted by molar-refractivity contribution is 0.0973. The molecular weight excluding hydrogens is 339 g/mol. The summed E-state index contributed by atoms with van der Waals surface area (Å²) in [7, 11) is 0. The van der Waals surface area contributed by atoms with Crippen LogP contribution in [0.1, 0.15) is 35.3 Å². The molecule has 4 heteroatoms. The van der Waals surface area contributed by atoms with Crippen LogP contribution in [0.2, 0.25) is 0 Å². The molecule has 136 valence electrons. The number of hydrogen-bond donors (Lipinski definition) is 1. The second kappa shape index (κ2) is 7.23. The Morgan fingerprint density at radius 1 is 1.00 bits per heavy atom. The van der Waals surface area contributed by atoms with E-state index in [2.05, 4.69) is 5.32 Å². The Labute approximate surface area is 158 Å². The number of nitrogens with one attached hydrogen (secondary N) is 1. The monoisotopic (exact) mass is 360 g/mol. The van der Waals surface area contributed by atoms with E-state index in [1.165, 1.54) is 12.1 Å². The predicted molar refractivity (Wildman–Crippen MR) is 107 cm³/mol. The third kappa shape index (κ3) is 3.43. The van der Waals surface area contributed by atoms with Crippen LogP contribution >= 0.6 is 0 Å². The number of anilines is 2. The lowest BCUT2D eigenvalue weighted by Crippen LogP contribution is -2.44. The molecule has 3 aromatic carbocycles. The molecule has 3 aromatic rings. The molecule has 0 fully saturated rings. The Morgan fingerprint density at radius 2 is 1.74 bits per heavy atom. The summed E-state index contributed by atoms with van der Waals surface area (Å²) in [6, 6.07) is 24.0. The Hall–Kier alpha value is -3.14. The Balaban J connectivity index is 1.70. The number of rotatable bonds is 3. The van der Waals surface area contributed by atoms with E-state index >= 15 is 0 Å². The Morgan fingerprint density at radius 3 is 2.52 bits per heavy atom. The van der Waals surface area contributed by atoms with Gasteiger partial charge in [0, 0.05) is 23.0 Å². The molecule has 0 spiro atoms. The van der Waals surface area contributed by atoms with Crippen LogP contribution in [0.25, 0.3) is 0 Å². The highest BCUT2D eigenvalue weighted by atomic mass is 19.1. The molecule has 0 bridgehead atoms. The first-order valence-electron chi connectivity index (χ1n) is 9.13. The van der Waals surface area contributed by atoms with Crippen LogP contribution in [0.15, 0.2) is 78.9 Å². The SMILES string of the molecule is C[C@H]1C[C@@H](Nc2ccccc2)c2ccccc2N1C(=O)c1cccc(F)c1.